The van der Waals surface area contributed by atoms with E-state index in [0.29, 0.717) is 27.1 Å². The number of ether oxygens (including phenoxy) is 1. The highest BCUT2D eigenvalue weighted by Crippen LogP contribution is 2.40. The molecule has 1 amide bonds. The zero-order valence-corrected chi connectivity index (χ0v) is 24.0. The smallest absolute Gasteiger partial charge is 0.341 e. The van der Waals surface area contributed by atoms with Crippen molar-refractivity contribution < 1.29 is 14.3 Å². The number of nitrogens with one attached hydrogen (secondary N) is 1. The first-order valence-electron chi connectivity index (χ1n) is 13.3. The van der Waals surface area contributed by atoms with Crippen LogP contribution in [-0.2, 0) is 22.4 Å². The van der Waals surface area contributed by atoms with Gasteiger partial charge in [0.15, 0.2) is 0 Å². The maximum absolute atomic E-state index is 13.2. The van der Waals surface area contributed by atoms with Crippen LogP contribution in [0, 0.1) is 17.2 Å². The molecule has 0 spiro atoms. The maximum atomic E-state index is 13.2. The Bertz CT molecular complexity index is 1580. The first-order chi connectivity index (χ1) is 19.5. The van der Waals surface area contributed by atoms with Gasteiger partial charge in [0.05, 0.1) is 29.2 Å². The van der Waals surface area contributed by atoms with Crippen LogP contribution in [0.1, 0.15) is 46.6 Å². The standard InChI is InChI=1S/C32H29N3O3S2/c1-3-38-32(37)29-23-15-14-20(2)16-27(23)40-31(29)35-28(36)19-39-30-25(18-33)24(21-10-6-4-7-11-21)17-26(34-30)22-12-8-5-9-13-22/h4-13,17,20H,3,14-16,19H2,1-2H3,(H,35,36)/t20-/m1/s1. The number of fused-ring (bicyclic) bond motifs is 1. The first-order valence-corrected chi connectivity index (χ1v) is 15.1. The minimum atomic E-state index is -0.394. The van der Waals surface area contributed by atoms with Crippen LogP contribution in [0.2, 0.25) is 0 Å². The number of hydrogen-bond donors (Lipinski definition) is 1. The van der Waals surface area contributed by atoms with Crippen LogP contribution in [0.4, 0.5) is 5.00 Å². The molecule has 0 radical (unpaired) electrons. The van der Waals surface area contributed by atoms with Crippen molar-refractivity contribution in [2.45, 2.75) is 38.1 Å². The summed E-state index contributed by atoms with van der Waals surface area (Å²) < 4.78 is 5.34. The SMILES string of the molecule is CCOC(=O)c1c(NC(=O)CSc2nc(-c3ccccc3)cc(-c3ccccc3)c2C#N)sc2c1CC[C@@H](C)C2. The predicted octanol–water partition coefficient (Wildman–Crippen LogP) is 7.38. The molecule has 1 aliphatic rings. The molecule has 2 aromatic heterocycles. The number of rotatable bonds is 8. The molecule has 0 unspecified atom stereocenters. The van der Waals surface area contributed by atoms with E-state index >= 15 is 0 Å². The number of carbonyl (C=O) groups excluding carboxylic acids is 2. The molecule has 0 saturated carbocycles. The van der Waals surface area contributed by atoms with Gasteiger partial charge >= 0.3 is 5.97 Å². The molecule has 1 atom stereocenters. The highest BCUT2D eigenvalue weighted by Gasteiger charge is 2.29. The van der Waals surface area contributed by atoms with E-state index in [1.165, 1.54) is 23.1 Å². The van der Waals surface area contributed by atoms with E-state index in [-0.39, 0.29) is 18.3 Å². The molecule has 40 heavy (non-hydrogen) atoms. The van der Waals surface area contributed by atoms with Gasteiger partial charge in [-0.05, 0) is 49.3 Å². The normalized spacial score (nSPS) is 14.2. The van der Waals surface area contributed by atoms with Gasteiger partial charge in [0, 0.05) is 16.0 Å². The average molecular weight is 568 g/mol. The number of aromatic nitrogens is 1. The second-order valence-electron chi connectivity index (χ2n) is 9.69. The molecular formula is C32H29N3O3S2. The number of thioether (sulfide) groups is 1. The molecule has 1 N–H and O–H groups in total. The number of esters is 1. The van der Waals surface area contributed by atoms with Crippen molar-refractivity contribution in [3.05, 3.63) is 88.3 Å². The van der Waals surface area contributed by atoms with Gasteiger partial charge in [0.25, 0.3) is 0 Å². The predicted molar refractivity (Wildman–Crippen MR) is 161 cm³/mol. The third kappa shape index (κ3) is 5.96. The van der Waals surface area contributed by atoms with Gasteiger partial charge in [0.2, 0.25) is 5.91 Å². The lowest BCUT2D eigenvalue weighted by molar-refractivity contribution is -0.113. The Balaban J connectivity index is 1.44. The van der Waals surface area contributed by atoms with Crippen molar-refractivity contribution in [1.82, 2.24) is 4.98 Å². The van der Waals surface area contributed by atoms with E-state index < -0.39 is 5.97 Å². The zero-order valence-electron chi connectivity index (χ0n) is 22.4. The van der Waals surface area contributed by atoms with Crippen molar-refractivity contribution in [3.63, 3.8) is 0 Å². The number of nitrogens with zero attached hydrogens (tertiary/aromatic N) is 2. The molecule has 0 aliphatic heterocycles. The second kappa shape index (κ2) is 12.5. The van der Waals surface area contributed by atoms with Gasteiger partial charge in [-0.1, -0.05) is 79.3 Å². The number of pyridine rings is 1. The lowest BCUT2D eigenvalue weighted by Crippen LogP contribution is -2.18. The molecular weight excluding hydrogens is 539 g/mol. The molecule has 0 bridgehead atoms. The molecule has 0 fully saturated rings. The minimum absolute atomic E-state index is 0.0371. The Labute approximate surface area is 242 Å². The molecule has 5 rings (SSSR count). The number of anilines is 1. The number of nitriles is 1. The summed E-state index contributed by atoms with van der Waals surface area (Å²) in [4.78, 5) is 32.0. The van der Waals surface area contributed by atoms with E-state index in [1.54, 1.807) is 6.92 Å². The summed E-state index contributed by atoms with van der Waals surface area (Å²) in [5.74, 6) is -0.0881. The van der Waals surface area contributed by atoms with Crippen molar-refractivity contribution in [2.75, 3.05) is 17.7 Å². The molecule has 2 heterocycles. The van der Waals surface area contributed by atoms with Crippen LogP contribution in [-0.4, -0.2) is 29.2 Å². The molecule has 0 saturated heterocycles. The fraction of sp³-hybridized carbons (Fsp3) is 0.250. The Morgan fingerprint density at radius 3 is 2.50 bits per heavy atom. The molecule has 1 aliphatic carbocycles. The van der Waals surface area contributed by atoms with Gasteiger partial charge in [0.1, 0.15) is 16.1 Å². The third-order valence-electron chi connectivity index (χ3n) is 6.84. The fourth-order valence-corrected chi connectivity index (χ4v) is 7.11. The number of carbonyl (C=O) groups is 2. The largest absolute Gasteiger partial charge is 0.462 e. The molecule has 6 nitrogen and oxygen atoms in total. The molecule has 4 aromatic rings. The fourth-order valence-electron chi connectivity index (χ4n) is 4.89. The summed E-state index contributed by atoms with van der Waals surface area (Å²) >= 11 is 2.69. The number of thiophene rings is 1. The molecule has 8 heteroatoms. The van der Waals surface area contributed by atoms with Gasteiger partial charge in [-0.3, -0.25) is 4.79 Å². The second-order valence-corrected chi connectivity index (χ2v) is 11.8. The van der Waals surface area contributed by atoms with Gasteiger partial charge < -0.3 is 10.1 Å². The van der Waals surface area contributed by atoms with E-state index in [9.17, 15) is 14.9 Å². The Hall–Kier alpha value is -3.93. The highest BCUT2D eigenvalue weighted by molar-refractivity contribution is 8.00. The van der Waals surface area contributed by atoms with Crippen LogP contribution in [0.5, 0.6) is 0 Å². The Morgan fingerprint density at radius 1 is 1.12 bits per heavy atom. The Kier molecular flexibility index (Phi) is 8.63. The number of benzene rings is 2. The molecule has 2 aromatic carbocycles. The van der Waals surface area contributed by atoms with E-state index in [2.05, 4.69) is 18.3 Å². The highest BCUT2D eigenvalue weighted by atomic mass is 32.2. The van der Waals surface area contributed by atoms with Gasteiger partial charge in [-0.2, -0.15) is 5.26 Å². The lowest BCUT2D eigenvalue weighted by Gasteiger charge is -2.18. The van der Waals surface area contributed by atoms with Gasteiger partial charge in [-0.25, -0.2) is 9.78 Å². The van der Waals surface area contributed by atoms with Crippen molar-refractivity contribution in [2.24, 2.45) is 5.92 Å². The maximum Gasteiger partial charge on any atom is 0.341 e. The van der Waals surface area contributed by atoms with Crippen molar-refractivity contribution in [3.8, 4) is 28.5 Å². The number of hydrogen-bond acceptors (Lipinski definition) is 7. The first kappa shape index (κ1) is 27.6. The van der Waals surface area contributed by atoms with Crippen LogP contribution < -0.4 is 5.32 Å². The van der Waals surface area contributed by atoms with Crippen LogP contribution in [0.15, 0.2) is 71.8 Å². The monoisotopic (exact) mass is 567 g/mol. The van der Waals surface area contributed by atoms with Crippen molar-refractivity contribution in [1.29, 1.82) is 5.26 Å². The lowest BCUT2D eigenvalue weighted by atomic mass is 9.88. The topological polar surface area (TPSA) is 92.1 Å². The van der Waals surface area contributed by atoms with Crippen LogP contribution in [0.25, 0.3) is 22.4 Å². The van der Waals surface area contributed by atoms with Crippen LogP contribution in [0.3, 0.4) is 0 Å². The van der Waals surface area contributed by atoms with Gasteiger partial charge in [-0.15, -0.1) is 11.3 Å². The summed E-state index contributed by atoms with van der Waals surface area (Å²) in [5, 5.41) is 14.1. The summed E-state index contributed by atoms with van der Waals surface area (Å²) in [5.41, 5.74) is 5.24. The summed E-state index contributed by atoms with van der Waals surface area (Å²) in [6, 6.07) is 23.7. The Morgan fingerprint density at radius 2 is 1.82 bits per heavy atom. The van der Waals surface area contributed by atoms with E-state index in [1.807, 2.05) is 66.7 Å². The quantitative estimate of drug-likeness (QED) is 0.176. The third-order valence-corrected chi connectivity index (χ3v) is 8.98. The average Bonchev–Trinajstić information content (AvgIpc) is 3.33. The summed E-state index contributed by atoms with van der Waals surface area (Å²) in [6.07, 6.45) is 2.69. The molecule has 202 valence electrons. The van der Waals surface area contributed by atoms with Crippen LogP contribution >= 0.6 is 23.1 Å². The zero-order chi connectivity index (χ0) is 28.1. The van der Waals surface area contributed by atoms with E-state index in [0.717, 1.165) is 52.1 Å². The summed E-state index contributed by atoms with van der Waals surface area (Å²) in [6.45, 7) is 4.25. The van der Waals surface area contributed by atoms with Crippen molar-refractivity contribution >= 4 is 40.0 Å². The van der Waals surface area contributed by atoms with E-state index in [4.69, 9.17) is 9.72 Å². The number of amides is 1. The minimum Gasteiger partial charge on any atom is -0.462 e. The summed E-state index contributed by atoms with van der Waals surface area (Å²) in [7, 11) is 0.